The maximum atomic E-state index is 11.8. The van der Waals surface area contributed by atoms with Crippen molar-refractivity contribution >= 4 is 28.0 Å². The fourth-order valence-corrected chi connectivity index (χ4v) is 2.12. The number of hydrogen-bond acceptors (Lipinski definition) is 4. The first kappa shape index (κ1) is 17.5. The zero-order valence-electron chi connectivity index (χ0n) is 12.6. The van der Waals surface area contributed by atoms with E-state index in [4.69, 9.17) is 9.47 Å². The highest BCUT2D eigenvalue weighted by atomic mass is 79.9. The van der Waals surface area contributed by atoms with Crippen molar-refractivity contribution in [1.82, 2.24) is 5.32 Å². The summed E-state index contributed by atoms with van der Waals surface area (Å²) < 4.78 is 10.8. The van der Waals surface area contributed by atoms with Gasteiger partial charge in [0.2, 0.25) is 0 Å². The molecule has 0 unspecified atom stereocenters. The first-order valence-electron chi connectivity index (χ1n) is 6.53. The van der Waals surface area contributed by atoms with E-state index in [2.05, 4.69) is 21.2 Å². The summed E-state index contributed by atoms with van der Waals surface area (Å²) in [6.45, 7) is 5.27. The number of benzene rings is 1. The topological polar surface area (TPSA) is 64.6 Å². The number of rotatable bonds is 4. The molecule has 1 aromatic rings. The lowest BCUT2D eigenvalue weighted by Crippen LogP contribution is -2.45. The zero-order valence-corrected chi connectivity index (χ0v) is 14.2. The van der Waals surface area contributed by atoms with Crippen LogP contribution in [0, 0.1) is 0 Å². The molecular weight excluding hydrogens is 338 g/mol. The quantitative estimate of drug-likeness (QED) is 0.841. The van der Waals surface area contributed by atoms with E-state index >= 15 is 0 Å². The fraction of sp³-hybridized carbons (Fsp3) is 0.467. The SMILES string of the molecule is COC(=O)[C@@H](Cc1ccccc1Br)NC(=O)OC(C)(C)C. The molecule has 0 saturated carbocycles. The van der Waals surface area contributed by atoms with Gasteiger partial charge in [0.1, 0.15) is 11.6 Å². The highest BCUT2D eigenvalue weighted by Crippen LogP contribution is 2.18. The minimum Gasteiger partial charge on any atom is -0.467 e. The van der Waals surface area contributed by atoms with Gasteiger partial charge < -0.3 is 14.8 Å². The molecule has 0 bridgehead atoms. The van der Waals surface area contributed by atoms with Crippen LogP contribution in [0.4, 0.5) is 4.79 Å². The summed E-state index contributed by atoms with van der Waals surface area (Å²) in [7, 11) is 1.28. The highest BCUT2D eigenvalue weighted by Gasteiger charge is 2.25. The first-order valence-corrected chi connectivity index (χ1v) is 7.33. The highest BCUT2D eigenvalue weighted by molar-refractivity contribution is 9.10. The molecule has 5 nitrogen and oxygen atoms in total. The van der Waals surface area contributed by atoms with Gasteiger partial charge in [0.25, 0.3) is 0 Å². The summed E-state index contributed by atoms with van der Waals surface area (Å²) in [5.74, 6) is -0.517. The second kappa shape index (κ2) is 7.45. The maximum Gasteiger partial charge on any atom is 0.408 e. The predicted octanol–water partition coefficient (Wildman–Crippen LogP) is 3.06. The molecule has 1 N–H and O–H groups in total. The zero-order chi connectivity index (χ0) is 16.0. The van der Waals surface area contributed by atoms with Crippen molar-refractivity contribution in [2.24, 2.45) is 0 Å². The normalized spacial score (nSPS) is 12.4. The van der Waals surface area contributed by atoms with Crippen LogP contribution >= 0.6 is 15.9 Å². The summed E-state index contributed by atoms with van der Waals surface area (Å²) in [5.41, 5.74) is 0.266. The molecule has 0 fully saturated rings. The van der Waals surface area contributed by atoms with Gasteiger partial charge in [-0.25, -0.2) is 9.59 Å². The second-order valence-electron chi connectivity index (χ2n) is 5.52. The van der Waals surface area contributed by atoms with Crippen LogP contribution in [-0.4, -0.2) is 30.8 Å². The summed E-state index contributed by atoms with van der Waals surface area (Å²) in [6.07, 6.45) is -0.335. The molecule has 0 radical (unpaired) electrons. The van der Waals surface area contributed by atoms with E-state index < -0.39 is 23.7 Å². The van der Waals surface area contributed by atoms with Crippen molar-refractivity contribution in [1.29, 1.82) is 0 Å². The van der Waals surface area contributed by atoms with Gasteiger partial charge in [-0.2, -0.15) is 0 Å². The number of halogens is 1. The number of amides is 1. The van der Waals surface area contributed by atoms with Gasteiger partial charge in [0.05, 0.1) is 7.11 Å². The molecule has 0 saturated heterocycles. The van der Waals surface area contributed by atoms with E-state index in [9.17, 15) is 9.59 Å². The van der Waals surface area contributed by atoms with E-state index in [1.807, 2.05) is 24.3 Å². The van der Waals surface area contributed by atoms with Gasteiger partial charge in [-0.05, 0) is 32.4 Å². The van der Waals surface area contributed by atoms with Crippen LogP contribution in [0.3, 0.4) is 0 Å². The molecule has 1 amide bonds. The molecule has 116 valence electrons. The van der Waals surface area contributed by atoms with Gasteiger partial charge in [-0.1, -0.05) is 34.1 Å². The number of nitrogens with one attached hydrogen (secondary N) is 1. The van der Waals surface area contributed by atoms with Gasteiger partial charge in [0.15, 0.2) is 0 Å². The first-order chi connectivity index (χ1) is 9.73. The molecule has 0 aromatic heterocycles. The predicted molar refractivity (Wildman–Crippen MR) is 83.0 cm³/mol. The Hall–Kier alpha value is -1.56. The number of hydrogen-bond donors (Lipinski definition) is 1. The third-order valence-electron chi connectivity index (χ3n) is 2.56. The van der Waals surface area contributed by atoms with Crippen molar-refractivity contribution in [2.45, 2.75) is 38.8 Å². The van der Waals surface area contributed by atoms with Crippen LogP contribution in [0.25, 0.3) is 0 Å². The van der Waals surface area contributed by atoms with Crippen molar-refractivity contribution < 1.29 is 19.1 Å². The summed E-state index contributed by atoms with van der Waals surface area (Å²) in [6, 6.07) is 6.68. The Labute approximate surface area is 133 Å². The van der Waals surface area contributed by atoms with Crippen LogP contribution in [0.2, 0.25) is 0 Å². The molecule has 0 aliphatic heterocycles. The average molecular weight is 358 g/mol. The Bertz CT molecular complexity index is 511. The Balaban J connectivity index is 2.80. The van der Waals surface area contributed by atoms with E-state index in [-0.39, 0.29) is 0 Å². The van der Waals surface area contributed by atoms with Crippen LogP contribution in [0.5, 0.6) is 0 Å². The summed E-state index contributed by atoms with van der Waals surface area (Å²) >= 11 is 3.41. The van der Waals surface area contributed by atoms with Gasteiger partial charge in [-0.15, -0.1) is 0 Å². The maximum absolute atomic E-state index is 11.8. The van der Waals surface area contributed by atoms with Crippen LogP contribution < -0.4 is 5.32 Å². The van der Waals surface area contributed by atoms with Gasteiger partial charge >= 0.3 is 12.1 Å². The Morgan fingerprint density at radius 2 is 1.90 bits per heavy atom. The second-order valence-corrected chi connectivity index (χ2v) is 6.37. The van der Waals surface area contributed by atoms with Crippen molar-refractivity contribution in [3.05, 3.63) is 34.3 Å². The third-order valence-corrected chi connectivity index (χ3v) is 3.33. The Morgan fingerprint density at radius 3 is 2.43 bits per heavy atom. The van der Waals surface area contributed by atoms with E-state index in [1.54, 1.807) is 20.8 Å². The van der Waals surface area contributed by atoms with Crippen LogP contribution in [0.15, 0.2) is 28.7 Å². The van der Waals surface area contributed by atoms with Crippen LogP contribution in [0.1, 0.15) is 26.3 Å². The van der Waals surface area contributed by atoms with Crippen molar-refractivity contribution in [2.75, 3.05) is 7.11 Å². The fourth-order valence-electron chi connectivity index (χ4n) is 1.67. The number of alkyl carbamates (subject to hydrolysis) is 1. The third kappa shape index (κ3) is 6.16. The Morgan fingerprint density at radius 1 is 1.29 bits per heavy atom. The molecule has 0 aliphatic carbocycles. The Kier molecular flexibility index (Phi) is 6.20. The van der Waals surface area contributed by atoms with Crippen molar-refractivity contribution in [3.8, 4) is 0 Å². The molecule has 0 spiro atoms. The molecule has 1 rings (SSSR count). The van der Waals surface area contributed by atoms with E-state index in [0.717, 1.165) is 10.0 Å². The number of esters is 1. The smallest absolute Gasteiger partial charge is 0.408 e. The summed E-state index contributed by atoms with van der Waals surface area (Å²) in [4.78, 5) is 23.6. The number of methoxy groups -OCH3 is 1. The number of ether oxygens (including phenoxy) is 2. The molecule has 0 heterocycles. The van der Waals surface area contributed by atoms with E-state index in [0.29, 0.717) is 6.42 Å². The number of carbonyl (C=O) groups excluding carboxylic acids is 2. The van der Waals surface area contributed by atoms with E-state index in [1.165, 1.54) is 7.11 Å². The van der Waals surface area contributed by atoms with Crippen LogP contribution in [-0.2, 0) is 20.7 Å². The molecule has 21 heavy (non-hydrogen) atoms. The lowest BCUT2D eigenvalue weighted by Gasteiger charge is -2.22. The molecule has 6 heteroatoms. The summed E-state index contributed by atoms with van der Waals surface area (Å²) in [5, 5.41) is 2.54. The van der Waals surface area contributed by atoms with Gasteiger partial charge in [0, 0.05) is 10.9 Å². The minimum absolute atomic E-state index is 0.313. The molecule has 1 aromatic carbocycles. The lowest BCUT2D eigenvalue weighted by atomic mass is 10.1. The minimum atomic E-state index is -0.802. The molecule has 0 aliphatic rings. The van der Waals surface area contributed by atoms with Gasteiger partial charge in [-0.3, -0.25) is 0 Å². The monoisotopic (exact) mass is 357 g/mol. The lowest BCUT2D eigenvalue weighted by molar-refractivity contribution is -0.143. The number of carbonyl (C=O) groups is 2. The standard InChI is InChI=1S/C15H20BrNO4/c1-15(2,3)21-14(19)17-12(13(18)20-4)9-10-7-5-6-8-11(10)16/h5-8,12H,9H2,1-4H3,(H,17,19)/t12-/m1/s1. The average Bonchev–Trinajstić information content (AvgIpc) is 2.37. The van der Waals surface area contributed by atoms with Crippen molar-refractivity contribution in [3.63, 3.8) is 0 Å². The largest absolute Gasteiger partial charge is 0.467 e. The molecular formula is C15H20BrNO4. The molecule has 1 atom stereocenters.